The van der Waals surface area contributed by atoms with Crippen LogP contribution >= 0.6 is 10.7 Å². The van der Waals surface area contributed by atoms with Crippen LogP contribution < -0.4 is 0 Å². The van der Waals surface area contributed by atoms with Crippen LogP contribution in [0, 0.1) is 6.07 Å². The largest absolute Gasteiger partial charge is 0.261 e. The molecule has 0 aromatic heterocycles. The second-order valence-electron chi connectivity index (χ2n) is 1.68. The van der Waals surface area contributed by atoms with Crippen molar-refractivity contribution < 1.29 is 8.42 Å². The normalized spacial score (nSPS) is 11.3. The maximum atomic E-state index is 10.6. The number of benzene rings is 1. The first-order valence-corrected chi connectivity index (χ1v) is 4.82. The minimum Gasteiger partial charge on any atom is -0.207 e. The Kier molecular flexibility index (Phi) is 1.97. The number of halogens is 1. The molecule has 0 amide bonds. The van der Waals surface area contributed by atoms with Crippen LogP contribution in [0.3, 0.4) is 0 Å². The van der Waals surface area contributed by atoms with Gasteiger partial charge in [0.05, 0.1) is 4.90 Å². The van der Waals surface area contributed by atoms with Gasteiger partial charge in [0, 0.05) is 10.7 Å². The first kappa shape index (κ1) is 7.57. The van der Waals surface area contributed by atoms with Crippen molar-refractivity contribution in [3.05, 3.63) is 30.3 Å². The van der Waals surface area contributed by atoms with Gasteiger partial charge in [-0.05, 0) is 18.2 Å². The summed E-state index contributed by atoms with van der Waals surface area (Å²) in [5.74, 6) is 0. The van der Waals surface area contributed by atoms with Crippen LogP contribution in [0.1, 0.15) is 0 Å². The average molecular weight is 176 g/mol. The van der Waals surface area contributed by atoms with Crippen molar-refractivity contribution in [2.45, 2.75) is 4.90 Å². The predicted molar refractivity (Wildman–Crippen MR) is 38.3 cm³/mol. The summed E-state index contributed by atoms with van der Waals surface area (Å²) >= 11 is 0. The molecule has 0 saturated heterocycles. The number of hydrogen-bond acceptors (Lipinski definition) is 2. The zero-order valence-electron chi connectivity index (χ0n) is 4.91. The van der Waals surface area contributed by atoms with E-state index in [1.165, 1.54) is 12.1 Å². The Balaban J connectivity index is 3.22. The molecule has 0 N–H and O–H groups in total. The highest BCUT2D eigenvalue weighted by molar-refractivity contribution is 8.13. The summed E-state index contributed by atoms with van der Waals surface area (Å²) in [5, 5.41) is 0. The summed E-state index contributed by atoms with van der Waals surface area (Å²) in [6.07, 6.45) is 0. The molecular formula is C6H4ClO2S. The van der Waals surface area contributed by atoms with Gasteiger partial charge < -0.3 is 0 Å². The maximum absolute atomic E-state index is 10.6. The van der Waals surface area contributed by atoms with Crippen LogP contribution in [0.25, 0.3) is 0 Å². The second-order valence-corrected chi connectivity index (χ2v) is 4.24. The van der Waals surface area contributed by atoms with Gasteiger partial charge in [-0.2, -0.15) is 0 Å². The van der Waals surface area contributed by atoms with Gasteiger partial charge in [0.25, 0.3) is 9.05 Å². The van der Waals surface area contributed by atoms with Crippen molar-refractivity contribution >= 4 is 19.7 Å². The van der Waals surface area contributed by atoms with Gasteiger partial charge in [0.2, 0.25) is 0 Å². The van der Waals surface area contributed by atoms with Crippen molar-refractivity contribution in [3.8, 4) is 0 Å². The lowest BCUT2D eigenvalue weighted by atomic mass is 10.4. The topological polar surface area (TPSA) is 34.1 Å². The fourth-order valence-corrected chi connectivity index (χ4v) is 1.27. The second kappa shape index (κ2) is 2.60. The molecule has 2 nitrogen and oxygen atoms in total. The van der Waals surface area contributed by atoms with Gasteiger partial charge in [0.1, 0.15) is 0 Å². The predicted octanol–water partition coefficient (Wildman–Crippen LogP) is 1.41. The monoisotopic (exact) mass is 175 g/mol. The molecule has 0 heterocycles. The van der Waals surface area contributed by atoms with Crippen molar-refractivity contribution in [2.24, 2.45) is 0 Å². The molecule has 4 heteroatoms. The third kappa shape index (κ3) is 1.72. The molecule has 0 spiro atoms. The van der Waals surface area contributed by atoms with Crippen molar-refractivity contribution in [1.29, 1.82) is 0 Å². The van der Waals surface area contributed by atoms with Gasteiger partial charge in [-0.15, -0.1) is 0 Å². The molecule has 10 heavy (non-hydrogen) atoms. The van der Waals surface area contributed by atoms with E-state index >= 15 is 0 Å². The summed E-state index contributed by atoms with van der Waals surface area (Å²) in [6, 6.07) is 8.51. The molecule has 1 aromatic rings. The van der Waals surface area contributed by atoms with Gasteiger partial charge in [0.15, 0.2) is 0 Å². The average Bonchev–Trinajstić information content (AvgIpc) is 1.88. The Morgan fingerprint density at radius 1 is 1.50 bits per heavy atom. The number of rotatable bonds is 1. The minimum atomic E-state index is -3.56. The molecule has 1 radical (unpaired) electrons. The first-order valence-electron chi connectivity index (χ1n) is 2.51. The van der Waals surface area contributed by atoms with Gasteiger partial charge >= 0.3 is 0 Å². The minimum absolute atomic E-state index is 0.0802. The molecule has 0 bridgehead atoms. The summed E-state index contributed by atoms with van der Waals surface area (Å²) < 4.78 is 21.2. The highest BCUT2D eigenvalue weighted by Gasteiger charge is 2.06. The zero-order chi connectivity index (χ0) is 7.61. The lowest BCUT2D eigenvalue weighted by molar-refractivity contribution is 0.609. The van der Waals surface area contributed by atoms with E-state index in [1.54, 1.807) is 12.1 Å². The summed E-state index contributed by atoms with van der Waals surface area (Å²) in [4.78, 5) is 0.0802. The SMILES string of the molecule is O=S(=O)(Cl)c1c[c]ccc1. The highest BCUT2D eigenvalue weighted by atomic mass is 35.7. The van der Waals surface area contributed by atoms with Gasteiger partial charge in [-0.25, -0.2) is 8.42 Å². The van der Waals surface area contributed by atoms with E-state index in [4.69, 9.17) is 10.7 Å². The van der Waals surface area contributed by atoms with Crippen LogP contribution in [0.15, 0.2) is 29.2 Å². The van der Waals surface area contributed by atoms with Crippen molar-refractivity contribution in [2.75, 3.05) is 0 Å². The Labute approximate surface area is 63.9 Å². The van der Waals surface area contributed by atoms with Crippen LogP contribution in [0.2, 0.25) is 0 Å². The number of hydrogen-bond donors (Lipinski definition) is 0. The smallest absolute Gasteiger partial charge is 0.207 e. The van der Waals surface area contributed by atoms with E-state index in [0.717, 1.165) is 0 Å². The molecule has 0 aliphatic heterocycles. The Bertz CT molecular complexity index is 304. The van der Waals surface area contributed by atoms with Crippen LogP contribution in [-0.4, -0.2) is 8.42 Å². The summed E-state index contributed by atoms with van der Waals surface area (Å²) in [6.45, 7) is 0. The molecule has 1 rings (SSSR count). The molecular weight excluding hydrogens is 172 g/mol. The first-order chi connectivity index (χ1) is 4.61. The van der Waals surface area contributed by atoms with E-state index in [2.05, 4.69) is 6.07 Å². The summed E-state index contributed by atoms with van der Waals surface area (Å²) in [7, 11) is 1.45. The fraction of sp³-hybridized carbons (Fsp3) is 0. The lowest BCUT2D eigenvalue weighted by Crippen LogP contribution is -1.87. The van der Waals surface area contributed by atoms with E-state index in [0.29, 0.717) is 0 Å². The Morgan fingerprint density at radius 2 is 2.20 bits per heavy atom. The molecule has 0 aliphatic carbocycles. The maximum Gasteiger partial charge on any atom is 0.261 e. The third-order valence-electron chi connectivity index (χ3n) is 0.960. The molecule has 0 atom stereocenters. The molecule has 0 unspecified atom stereocenters. The molecule has 53 valence electrons. The summed E-state index contributed by atoms with van der Waals surface area (Å²) in [5.41, 5.74) is 0. The zero-order valence-corrected chi connectivity index (χ0v) is 6.48. The Hall–Kier alpha value is -0.540. The van der Waals surface area contributed by atoms with Crippen LogP contribution in [0.4, 0.5) is 0 Å². The lowest BCUT2D eigenvalue weighted by Gasteiger charge is -1.90. The van der Waals surface area contributed by atoms with Crippen molar-refractivity contribution in [1.82, 2.24) is 0 Å². The Morgan fingerprint density at radius 3 is 2.50 bits per heavy atom. The molecule has 1 aromatic carbocycles. The third-order valence-corrected chi connectivity index (χ3v) is 2.31. The molecule has 0 aliphatic rings. The van der Waals surface area contributed by atoms with E-state index in [1.807, 2.05) is 0 Å². The van der Waals surface area contributed by atoms with E-state index in [9.17, 15) is 8.42 Å². The standard InChI is InChI=1S/C6H4ClO2S/c7-10(8,9)6-4-2-1-3-5-6/h1-2,4-5H. The quantitative estimate of drug-likeness (QED) is 0.605. The van der Waals surface area contributed by atoms with E-state index < -0.39 is 9.05 Å². The van der Waals surface area contributed by atoms with Gasteiger partial charge in [-0.3, -0.25) is 0 Å². The highest BCUT2D eigenvalue weighted by Crippen LogP contribution is 2.12. The van der Waals surface area contributed by atoms with Crippen molar-refractivity contribution in [3.63, 3.8) is 0 Å². The van der Waals surface area contributed by atoms with Crippen LogP contribution in [-0.2, 0) is 9.05 Å². The molecule has 0 fully saturated rings. The fourth-order valence-electron chi connectivity index (χ4n) is 0.529. The van der Waals surface area contributed by atoms with Crippen LogP contribution in [0.5, 0.6) is 0 Å². The molecule has 0 saturated carbocycles. The van der Waals surface area contributed by atoms with E-state index in [-0.39, 0.29) is 4.90 Å². The van der Waals surface area contributed by atoms with Gasteiger partial charge in [-0.1, -0.05) is 12.1 Å².